The number of piperazine rings is 1. The third kappa shape index (κ3) is 6.29. The molecular formula is C23H31N3O4S. The lowest BCUT2D eigenvalue weighted by molar-refractivity contribution is -0.131. The van der Waals surface area contributed by atoms with Gasteiger partial charge in [-0.2, -0.15) is 4.31 Å². The van der Waals surface area contributed by atoms with E-state index in [0.717, 1.165) is 24.2 Å². The van der Waals surface area contributed by atoms with Gasteiger partial charge in [-0.3, -0.25) is 4.79 Å². The third-order valence-corrected chi connectivity index (χ3v) is 7.12. The van der Waals surface area contributed by atoms with Crippen LogP contribution in [0.25, 0.3) is 0 Å². The minimum Gasteiger partial charge on any atom is -0.494 e. The normalized spacial score (nSPS) is 14.6. The molecule has 0 bridgehead atoms. The van der Waals surface area contributed by atoms with Crippen LogP contribution in [0.3, 0.4) is 0 Å². The highest BCUT2D eigenvalue weighted by Crippen LogP contribution is 2.22. The van der Waals surface area contributed by atoms with Crippen LogP contribution in [0.4, 0.5) is 0 Å². The van der Waals surface area contributed by atoms with Crippen molar-refractivity contribution in [2.45, 2.75) is 31.7 Å². The third-order valence-electron chi connectivity index (χ3n) is 5.26. The number of ether oxygens (including phenoxy) is 1. The van der Waals surface area contributed by atoms with E-state index in [1.807, 2.05) is 38.1 Å². The molecule has 1 amide bonds. The van der Waals surface area contributed by atoms with E-state index in [4.69, 9.17) is 4.74 Å². The summed E-state index contributed by atoms with van der Waals surface area (Å²) in [7, 11) is -3.78. The number of rotatable bonds is 9. The lowest BCUT2D eigenvalue weighted by Crippen LogP contribution is -2.47. The molecule has 2 aromatic carbocycles. The highest BCUT2D eigenvalue weighted by Gasteiger charge is 2.26. The second-order valence-corrected chi connectivity index (χ2v) is 9.55. The maximum absolute atomic E-state index is 13.4. The number of carbonyl (C=O) groups excluding carboxylic acids is 1. The molecule has 0 spiro atoms. The molecule has 1 N–H and O–H groups in total. The molecule has 0 aromatic heterocycles. The molecule has 1 fully saturated rings. The Labute approximate surface area is 185 Å². The minimum absolute atomic E-state index is 0.0161. The number of benzene rings is 2. The molecule has 1 saturated heterocycles. The summed E-state index contributed by atoms with van der Waals surface area (Å²) in [6.07, 6.45) is 0.155. The molecule has 0 saturated carbocycles. The summed E-state index contributed by atoms with van der Waals surface area (Å²) < 4.78 is 33.7. The summed E-state index contributed by atoms with van der Waals surface area (Å²) in [5, 5.41) is 3.22. The average molecular weight is 446 g/mol. The van der Waals surface area contributed by atoms with Gasteiger partial charge in [-0.05, 0) is 43.7 Å². The summed E-state index contributed by atoms with van der Waals surface area (Å²) in [5.74, 6) is 0.609. The Morgan fingerprint density at radius 3 is 2.48 bits per heavy atom. The molecule has 2 aromatic rings. The Bertz CT molecular complexity index is 971. The van der Waals surface area contributed by atoms with E-state index in [2.05, 4.69) is 5.32 Å². The quantitative estimate of drug-likeness (QED) is 0.641. The van der Waals surface area contributed by atoms with Crippen LogP contribution >= 0.6 is 0 Å². The van der Waals surface area contributed by atoms with Crippen LogP contribution in [0.15, 0.2) is 53.4 Å². The molecule has 0 radical (unpaired) electrons. The highest BCUT2D eigenvalue weighted by molar-refractivity contribution is 7.89. The number of sulfonamides is 1. The van der Waals surface area contributed by atoms with Gasteiger partial charge >= 0.3 is 0 Å². The van der Waals surface area contributed by atoms with Gasteiger partial charge in [-0.25, -0.2) is 8.42 Å². The van der Waals surface area contributed by atoms with E-state index in [9.17, 15) is 13.2 Å². The van der Waals surface area contributed by atoms with Crippen molar-refractivity contribution in [3.8, 4) is 5.75 Å². The number of amides is 1. The summed E-state index contributed by atoms with van der Waals surface area (Å²) in [6, 6.07) is 14.2. The van der Waals surface area contributed by atoms with Crippen molar-refractivity contribution in [3.63, 3.8) is 0 Å². The molecule has 1 aliphatic rings. The fourth-order valence-corrected chi connectivity index (χ4v) is 5.04. The predicted octanol–water partition coefficient (Wildman–Crippen LogP) is 2.41. The SMILES string of the molecule is CCOc1ccc(S(=O)(=O)N(CCC(=O)N2CCNCC2)Cc2cccc(C)c2)cc1. The fraction of sp³-hybridized carbons (Fsp3) is 0.435. The smallest absolute Gasteiger partial charge is 0.243 e. The molecule has 31 heavy (non-hydrogen) atoms. The van der Waals surface area contributed by atoms with Crippen molar-refractivity contribution in [1.82, 2.24) is 14.5 Å². The Morgan fingerprint density at radius 2 is 1.84 bits per heavy atom. The molecule has 1 aliphatic heterocycles. The van der Waals surface area contributed by atoms with E-state index in [0.29, 0.717) is 25.4 Å². The van der Waals surface area contributed by atoms with Gasteiger partial charge in [0.1, 0.15) is 5.75 Å². The number of hydrogen-bond acceptors (Lipinski definition) is 5. The molecule has 1 heterocycles. The van der Waals surface area contributed by atoms with E-state index >= 15 is 0 Å². The number of hydrogen-bond donors (Lipinski definition) is 1. The van der Waals surface area contributed by atoms with Crippen molar-refractivity contribution in [2.24, 2.45) is 0 Å². The lowest BCUT2D eigenvalue weighted by Gasteiger charge is -2.29. The maximum atomic E-state index is 13.4. The topological polar surface area (TPSA) is 79.0 Å². The Balaban J connectivity index is 1.80. The zero-order valence-electron chi connectivity index (χ0n) is 18.2. The summed E-state index contributed by atoms with van der Waals surface area (Å²) in [4.78, 5) is 14.6. The van der Waals surface area contributed by atoms with Gasteiger partial charge in [-0.1, -0.05) is 29.8 Å². The Hall–Kier alpha value is -2.42. The Morgan fingerprint density at radius 1 is 1.13 bits per heavy atom. The van der Waals surface area contributed by atoms with Crippen molar-refractivity contribution >= 4 is 15.9 Å². The van der Waals surface area contributed by atoms with Crippen molar-refractivity contribution in [1.29, 1.82) is 0 Å². The fourth-order valence-electron chi connectivity index (χ4n) is 3.61. The van der Waals surface area contributed by atoms with Gasteiger partial charge in [0.2, 0.25) is 15.9 Å². The number of nitrogens with zero attached hydrogens (tertiary/aromatic N) is 2. The van der Waals surface area contributed by atoms with Crippen LogP contribution in [0, 0.1) is 6.92 Å². The molecule has 168 valence electrons. The van der Waals surface area contributed by atoms with Crippen molar-refractivity contribution in [3.05, 3.63) is 59.7 Å². The van der Waals surface area contributed by atoms with Crippen molar-refractivity contribution < 1.29 is 17.9 Å². The van der Waals surface area contributed by atoms with Crippen LogP contribution in [-0.4, -0.2) is 62.9 Å². The molecule has 7 nitrogen and oxygen atoms in total. The summed E-state index contributed by atoms with van der Waals surface area (Å²) in [5.41, 5.74) is 1.96. The first-order chi connectivity index (χ1) is 14.9. The number of nitrogens with one attached hydrogen (secondary N) is 1. The first kappa shape index (κ1) is 23.2. The van der Waals surface area contributed by atoms with Gasteiger partial charge < -0.3 is 15.0 Å². The van der Waals surface area contributed by atoms with Crippen molar-refractivity contribution in [2.75, 3.05) is 39.3 Å². The molecule has 0 aliphatic carbocycles. The second kappa shape index (κ2) is 10.7. The maximum Gasteiger partial charge on any atom is 0.243 e. The monoisotopic (exact) mass is 445 g/mol. The van der Waals surface area contributed by atoms with Crippen LogP contribution in [-0.2, 0) is 21.4 Å². The summed E-state index contributed by atoms with van der Waals surface area (Å²) in [6.45, 7) is 7.56. The van der Waals surface area contributed by atoms with Gasteiger partial charge in [0, 0.05) is 45.7 Å². The standard InChI is InChI=1S/C23H31N3O4S/c1-3-30-21-7-9-22(10-8-21)31(28,29)26(18-20-6-4-5-19(2)17-20)14-11-23(27)25-15-12-24-13-16-25/h4-10,17,24H,3,11-16,18H2,1-2H3. The van der Waals surface area contributed by atoms with Crippen LogP contribution in [0.5, 0.6) is 5.75 Å². The van der Waals surface area contributed by atoms with Gasteiger partial charge in [0.15, 0.2) is 0 Å². The molecule has 0 unspecified atom stereocenters. The predicted molar refractivity (Wildman–Crippen MR) is 120 cm³/mol. The van der Waals surface area contributed by atoms with Gasteiger partial charge in [0.25, 0.3) is 0 Å². The van der Waals surface area contributed by atoms with Crippen LogP contribution in [0.1, 0.15) is 24.5 Å². The zero-order valence-corrected chi connectivity index (χ0v) is 19.0. The molecule has 8 heteroatoms. The molecular weight excluding hydrogens is 414 g/mol. The number of carbonyl (C=O) groups is 1. The van der Waals surface area contributed by atoms with E-state index in [-0.39, 0.29) is 30.3 Å². The summed E-state index contributed by atoms with van der Waals surface area (Å²) >= 11 is 0. The zero-order chi connectivity index (χ0) is 22.3. The van der Waals surface area contributed by atoms with Gasteiger partial charge in [0.05, 0.1) is 11.5 Å². The van der Waals surface area contributed by atoms with E-state index in [1.165, 1.54) is 4.31 Å². The average Bonchev–Trinajstić information content (AvgIpc) is 2.77. The first-order valence-corrected chi connectivity index (χ1v) is 12.1. The van der Waals surface area contributed by atoms with Crippen LogP contribution < -0.4 is 10.1 Å². The Kier molecular flexibility index (Phi) is 8.06. The second-order valence-electron chi connectivity index (χ2n) is 7.61. The molecule has 0 atom stereocenters. The molecule has 3 rings (SSSR count). The first-order valence-electron chi connectivity index (χ1n) is 10.7. The van der Waals surface area contributed by atoms with Gasteiger partial charge in [-0.15, -0.1) is 0 Å². The largest absolute Gasteiger partial charge is 0.494 e. The van der Waals surface area contributed by atoms with E-state index in [1.54, 1.807) is 29.2 Å². The van der Waals surface area contributed by atoms with E-state index < -0.39 is 10.0 Å². The lowest BCUT2D eigenvalue weighted by atomic mass is 10.1. The minimum atomic E-state index is -3.78. The highest BCUT2D eigenvalue weighted by atomic mass is 32.2. The van der Waals surface area contributed by atoms with Crippen LogP contribution in [0.2, 0.25) is 0 Å². The number of aryl methyl sites for hydroxylation is 1.